The number of hydrogen-bond acceptors (Lipinski definition) is 2. The summed E-state index contributed by atoms with van der Waals surface area (Å²) >= 11 is 0. The lowest BCUT2D eigenvalue weighted by molar-refractivity contribution is -0.139. The van der Waals surface area contributed by atoms with Gasteiger partial charge in [0.2, 0.25) is 0 Å². The van der Waals surface area contributed by atoms with Gasteiger partial charge >= 0.3 is 5.97 Å². The van der Waals surface area contributed by atoms with E-state index < -0.39 is 12.0 Å². The van der Waals surface area contributed by atoms with Crippen LogP contribution in [-0.4, -0.2) is 17.1 Å². The van der Waals surface area contributed by atoms with E-state index in [-0.39, 0.29) is 11.8 Å². The second-order valence-corrected chi connectivity index (χ2v) is 5.09. The van der Waals surface area contributed by atoms with Crippen molar-refractivity contribution in [1.82, 2.24) is 0 Å². The van der Waals surface area contributed by atoms with Crippen LogP contribution >= 0.6 is 0 Å². The molecule has 3 heteroatoms. The van der Waals surface area contributed by atoms with Crippen molar-refractivity contribution in [2.45, 2.75) is 31.7 Å². The van der Waals surface area contributed by atoms with Gasteiger partial charge in [-0.2, -0.15) is 0 Å². The standard InChI is InChI=1S/C15H17NO2/c1-2-9-6-7-13-12(8-9)10-4-3-5-11(10)14(16-13)15(17)18/h3-4,6-8,10-11,14,16H,2,5H2,1H3,(H,17,18)/t10-,11-,14-/m0/s1. The number of nitrogens with one attached hydrogen (secondary N) is 1. The van der Waals surface area contributed by atoms with Crippen molar-refractivity contribution in [3.63, 3.8) is 0 Å². The Labute approximate surface area is 107 Å². The number of carboxylic acid groups (broad SMARTS) is 1. The average molecular weight is 243 g/mol. The van der Waals surface area contributed by atoms with Gasteiger partial charge in [0.05, 0.1) is 0 Å². The predicted molar refractivity (Wildman–Crippen MR) is 70.9 cm³/mol. The van der Waals surface area contributed by atoms with Crippen molar-refractivity contribution in [3.05, 3.63) is 41.5 Å². The van der Waals surface area contributed by atoms with Crippen LogP contribution in [-0.2, 0) is 11.2 Å². The molecular weight excluding hydrogens is 226 g/mol. The molecule has 94 valence electrons. The fourth-order valence-electron chi connectivity index (χ4n) is 3.11. The van der Waals surface area contributed by atoms with Gasteiger partial charge in [0, 0.05) is 17.5 Å². The highest BCUT2D eigenvalue weighted by atomic mass is 16.4. The fraction of sp³-hybridized carbons (Fsp3) is 0.400. The number of rotatable bonds is 2. The molecule has 1 aromatic carbocycles. The first-order valence-electron chi connectivity index (χ1n) is 6.49. The van der Waals surface area contributed by atoms with Crippen molar-refractivity contribution in [2.75, 3.05) is 5.32 Å². The summed E-state index contributed by atoms with van der Waals surface area (Å²) in [5, 5.41) is 12.5. The van der Waals surface area contributed by atoms with Crippen LogP contribution in [0.4, 0.5) is 5.69 Å². The van der Waals surface area contributed by atoms with E-state index >= 15 is 0 Å². The number of allylic oxidation sites excluding steroid dienone is 2. The molecule has 0 spiro atoms. The van der Waals surface area contributed by atoms with Gasteiger partial charge in [0.1, 0.15) is 6.04 Å². The van der Waals surface area contributed by atoms with Crippen LogP contribution in [0.25, 0.3) is 0 Å². The van der Waals surface area contributed by atoms with E-state index in [0.717, 1.165) is 18.5 Å². The second kappa shape index (κ2) is 4.16. The monoisotopic (exact) mass is 243 g/mol. The highest BCUT2D eigenvalue weighted by molar-refractivity contribution is 5.80. The number of hydrogen-bond donors (Lipinski definition) is 2. The van der Waals surface area contributed by atoms with Gasteiger partial charge in [-0.15, -0.1) is 0 Å². The van der Waals surface area contributed by atoms with E-state index in [1.807, 2.05) is 6.07 Å². The molecule has 2 aliphatic rings. The summed E-state index contributed by atoms with van der Waals surface area (Å²) < 4.78 is 0. The van der Waals surface area contributed by atoms with Crippen LogP contribution in [0.15, 0.2) is 30.4 Å². The molecule has 0 aromatic heterocycles. The molecule has 0 bridgehead atoms. The van der Waals surface area contributed by atoms with Gasteiger partial charge < -0.3 is 10.4 Å². The fourth-order valence-corrected chi connectivity index (χ4v) is 3.11. The largest absolute Gasteiger partial charge is 0.480 e. The highest BCUT2D eigenvalue weighted by Crippen LogP contribution is 2.44. The first-order chi connectivity index (χ1) is 8.70. The van der Waals surface area contributed by atoms with E-state index in [1.165, 1.54) is 11.1 Å². The number of fused-ring (bicyclic) bond motifs is 3. The van der Waals surface area contributed by atoms with Gasteiger partial charge in [-0.3, -0.25) is 0 Å². The number of anilines is 1. The molecule has 1 heterocycles. The zero-order valence-electron chi connectivity index (χ0n) is 10.4. The molecule has 3 atom stereocenters. The van der Waals surface area contributed by atoms with Gasteiger partial charge in [-0.05, 0) is 30.0 Å². The second-order valence-electron chi connectivity index (χ2n) is 5.09. The lowest BCUT2D eigenvalue weighted by atomic mass is 9.79. The first kappa shape index (κ1) is 11.3. The van der Waals surface area contributed by atoms with Crippen LogP contribution in [0.2, 0.25) is 0 Å². The maximum atomic E-state index is 11.3. The number of carboxylic acids is 1. The third-order valence-corrected chi connectivity index (χ3v) is 4.10. The third kappa shape index (κ3) is 1.62. The Morgan fingerprint density at radius 1 is 1.50 bits per heavy atom. The van der Waals surface area contributed by atoms with Gasteiger partial charge in [-0.25, -0.2) is 4.79 Å². The lowest BCUT2D eigenvalue weighted by Crippen LogP contribution is -2.41. The molecule has 0 fully saturated rings. The number of benzene rings is 1. The lowest BCUT2D eigenvalue weighted by Gasteiger charge is -2.35. The Morgan fingerprint density at radius 3 is 3.06 bits per heavy atom. The summed E-state index contributed by atoms with van der Waals surface area (Å²) in [7, 11) is 0. The Morgan fingerprint density at radius 2 is 2.33 bits per heavy atom. The Kier molecular flexibility index (Phi) is 2.62. The molecule has 0 saturated carbocycles. The molecular formula is C15H17NO2. The molecule has 0 amide bonds. The summed E-state index contributed by atoms with van der Waals surface area (Å²) in [6.45, 7) is 2.14. The summed E-state index contributed by atoms with van der Waals surface area (Å²) in [6, 6.07) is 5.84. The van der Waals surface area contributed by atoms with Crippen molar-refractivity contribution in [3.8, 4) is 0 Å². The molecule has 0 saturated heterocycles. The normalized spacial score (nSPS) is 28.4. The van der Waals surface area contributed by atoms with Gasteiger partial charge in [0.25, 0.3) is 0 Å². The zero-order chi connectivity index (χ0) is 12.7. The minimum atomic E-state index is -0.751. The molecule has 18 heavy (non-hydrogen) atoms. The number of carbonyl (C=O) groups is 1. The summed E-state index contributed by atoms with van der Waals surface area (Å²) in [5.74, 6) is -0.338. The van der Waals surface area contributed by atoms with Crippen LogP contribution in [0.3, 0.4) is 0 Å². The highest BCUT2D eigenvalue weighted by Gasteiger charge is 2.40. The van der Waals surface area contributed by atoms with Crippen molar-refractivity contribution in [2.24, 2.45) is 5.92 Å². The summed E-state index contributed by atoms with van der Waals surface area (Å²) in [6.07, 6.45) is 6.14. The number of aryl methyl sites for hydroxylation is 1. The van der Waals surface area contributed by atoms with E-state index in [0.29, 0.717) is 0 Å². The van der Waals surface area contributed by atoms with E-state index in [9.17, 15) is 9.90 Å². The maximum absolute atomic E-state index is 11.3. The zero-order valence-corrected chi connectivity index (χ0v) is 10.4. The number of aliphatic carboxylic acids is 1. The molecule has 1 aromatic rings. The molecule has 3 rings (SSSR count). The Hall–Kier alpha value is -1.77. The average Bonchev–Trinajstić information content (AvgIpc) is 2.86. The third-order valence-electron chi connectivity index (χ3n) is 4.10. The maximum Gasteiger partial charge on any atom is 0.326 e. The van der Waals surface area contributed by atoms with Crippen LogP contribution in [0.1, 0.15) is 30.4 Å². The molecule has 0 unspecified atom stereocenters. The van der Waals surface area contributed by atoms with Crippen molar-refractivity contribution >= 4 is 11.7 Å². The molecule has 1 aliphatic heterocycles. The Bertz CT molecular complexity index is 521. The van der Waals surface area contributed by atoms with E-state index in [1.54, 1.807) is 0 Å². The van der Waals surface area contributed by atoms with Crippen LogP contribution in [0.5, 0.6) is 0 Å². The molecule has 0 radical (unpaired) electrons. The molecule has 2 N–H and O–H groups in total. The van der Waals surface area contributed by atoms with Crippen LogP contribution < -0.4 is 5.32 Å². The first-order valence-corrected chi connectivity index (χ1v) is 6.49. The van der Waals surface area contributed by atoms with E-state index in [4.69, 9.17) is 0 Å². The summed E-state index contributed by atoms with van der Waals surface area (Å²) in [4.78, 5) is 11.3. The minimum absolute atomic E-state index is 0.155. The predicted octanol–water partition coefficient (Wildman–Crippen LogP) is 2.79. The van der Waals surface area contributed by atoms with Crippen molar-refractivity contribution in [1.29, 1.82) is 0 Å². The van der Waals surface area contributed by atoms with E-state index in [2.05, 4.69) is 36.5 Å². The van der Waals surface area contributed by atoms with Gasteiger partial charge in [0.15, 0.2) is 0 Å². The SMILES string of the molecule is CCc1ccc2c(c1)[C@H]1C=CC[C@@H]1[C@@H](C(=O)O)N2. The molecule has 3 nitrogen and oxygen atoms in total. The Balaban J connectivity index is 2.06. The van der Waals surface area contributed by atoms with Gasteiger partial charge in [-0.1, -0.05) is 31.2 Å². The smallest absolute Gasteiger partial charge is 0.326 e. The topological polar surface area (TPSA) is 49.3 Å². The van der Waals surface area contributed by atoms with Crippen LogP contribution in [0, 0.1) is 5.92 Å². The quantitative estimate of drug-likeness (QED) is 0.785. The summed E-state index contributed by atoms with van der Waals surface area (Å²) in [5.41, 5.74) is 3.54. The minimum Gasteiger partial charge on any atom is -0.480 e. The molecule has 1 aliphatic carbocycles. The van der Waals surface area contributed by atoms with Crippen molar-refractivity contribution < 1.29 is 9.90 Å².